The number of aromatic nitrogens is 4. The summed E-state index contributed by atoms with van der Waals surface area (Å²) in [5, 5.41) is 16.8. The van der Waals surface area contributed by atoms with E-state index in [1.807, 2.05) is 23.3 Å². The van der Waals surface area contributed by atoms with Crippen molar-refractivity contribution in [1.29, 1.82) is 0 Å². The summed E-state index contributed by atoms with van der Waals surface area (Å²) < 4.78 is 1.84. The first kappa shape index (κ1) is 14.6. The first-order valence-corrected chi connectivity index (χ1v) is 7.53. The SMILES string of the molecule is Cc1ncsc1CCn1cc(CCCCC(=O)O)nn1. The number of hydrogen-bond donors (Lipinski definition) is 1. The van der Waals surface area contributed by atoms with E-state index in [4.69, 9.17) is 5.11 Å². The van der Waals surface area contributed by atoms with Crippen molar-refractivity contribution < 1.29 is 9.90 Å². The van der Waals surface area contributed by atoms with E-state index in [2.05, 4.69) is 15.3 Å². The van der Waals surface area contributed by atoms with Gasteiger partial charge in [0.25, 0.3) is 0 Å². The molecule has 2 rings (SSSR count). The van der Waals surface area contributed by atoms with Crippen LogP contribution < -0.4 is 0 Å². The van der Waals surface area contributed by atoms with E-state index >= 15 is 0 Å². The van der Waals surface area contributed by atoms with Gasteiger partial charge in [-0.2, -0.15) is 0 Å². The lowest BCUT2D eigenvalue weighted by atomic mass is 10.1. The van der Waals surface area contributed by atoms with E-state index in [0.717, 1.165) is 37.2 Å². The zero-order chi connectivity index (χ0) is 14.4. The van der Waals surface area contributed by atoms with Crippen molar-refractivity contribution in [3.8, 4) is 0 Å². The summed E-state index contributed by atoms with van der Waals surface area (Å²) >= 11 is 1.67. The number of carboxylic acid groups (broad SMARTS) is 1. The normalized spacial score (nSPS) is 10.8. The van der Waals surface area contributed by atoms with Crippen molar-refractivity contribution in [2.24, 2.45) is 0 Å². The van der Waals surface area contributed by atoms with Crippen LogP contribution in [0.5, 0.6) is 0 Å². The number of rotatable bonds is 8. The molecule has 0 aromatic carbocycles. The first-order chi connectivity index (χ1) is 9.65. The third kappa shape index (κ3) is 4.41. The highest BCUT2D eigenvalue weighted by atomic mass is 32.1. The van der Waals surface area contributed by atoms with E-state index in [0.29, 0.717) is 6.42 Å². The van der Waals surface area contributed by atoms with Crippen LogP contribution in [0.25, 0.3) is 0 Å². The highest BCUT2D eigenvalue weighted by Gasteiger charge is 2.05. The molecule has 1 N–H and O–H groups in total. The van der Waals surface area contributed by atoms with Gasteiger partial charge >= 0.3 is 5.97 Å². The average Bonchev–Trinajstić information content (AvgIpc) is 3.01. The highest BCUT2D eigenvalue weighted by Crippen LogP contribution is 2.13. The Hall–Kier alpha value is -1.76. The van der Waals surface area contributed by atoms with Gasteiger partial charge in [0.05, 0.1) is 16.9 Å². The maximum atomic E-state index is 10.4. The van der Waals surface area contributed by atoms with Crippen molar-refractivity contribution in [2.45, 2.75) is 45.6 Å². The monoisotopic (exact) mass is 294 g/mol. The Morgan fingerprint density at radius 1 is 1.40 bits per heavy atom. The summed E-state index contributed by atoms with van der Waals surface area (Å²) in [7, 11) is 0. The second-order valence-corrected chi connectivity index (χ2v) is 5.62. The number of hydrogen-bond acceptors (Lipinski definition) is 5. The molecular weight excluding hydrogens is 276 g/mol. The van der Waals surface area contributed by atoms with Gasteiger partial charge in [0.2, 0.25) is 0 Å². The van der Waals surface area contributed by atoms with Gasteiger partial charge in [-0.3, -0.25) is 9.48 Å². The van der Waals surface area contributed by atoms with Crippen molar-refractivity contribution in [2.75, 3.05) is 0 Å². The van der Waals surface area contributed by atoms with Gasteiger partial charge in [0.15, 0.2) is 0 Å². The number of carboxylic acids is 1. The van der Waals surface area contributed by atoms with Crippen LogP contribution in [-0.2, 0) is 24.2 Å². The van der Waals surface area contributed by atoms with Gasteiger partial charge in [-0.25, -0.2) is 4.98 Å². The summed E-state index contributed by atoms with van der Waals surface area (Å²) in [5.41, 5.74) is 3.88. The zero-order valence-corrected chi connectivity index (χ0v) is 12.3. The molecule has 20 heavy (non-hydrogen) atoms. The van der Waals surface area contributed by atoms with Crippen LogP contribution >= 0.6 is 11.3 Å². The third-order valence-electron chi connectivity index (χ3n) is 3.07. The van der Waals surface area contributed by atoms with Crippen LogP contribution in [0, 0.1) is 6.92 Å². The lowest BCUT2D eigenvalue weighted by Gasteiger charge is -1.98. The Bertz CT molecular complexity index is 564. The van der Waals surface area contributed by atoms with Crippen LogP contribution in [0.3, 0.4) is 0 Å². The van der Waals surface area contributed by atoms with Gasteiger partial charge < -0.3 is 5.11 Å². The molecule has 0 amide bonds. The predicted molar refractivity (Wildman–Crippen MR) is 75.8 cm³/mol. The summed E-state index contributed by atoms with van der Waals surface area (Å²) in [6, 6.07) is 0. The zero-order valence-electron chi connectivity index (χ0n) is 11.4. The average molecular weight is 294 g/mol. The van der Waals surface area contributed by atoms with Gasteiger partial charge in [-0.1, -0.05) is 5.21 Å². The number of carbonyl (C=O) groups is 1. The summed E-state index contributed by atoms with van der Waals surface area (Å²) in [4.78, 5) is 15.9. The Morgan fingerprint density at radius 2 is 2.25 bits per heavy atom. The molecular formula is C13H18N4O2S. The molecule has 7 heteroatoms. The number of nitrogens with zero attached hydrogens (tertiary/aromatic N) is 4. The van der Waals surface area contributed by atoms with Gasteiger partial charge in [-0.05, 0) is 26.2 Å². The van der Waals surface area contributed by atoms with Crippen LogP contribution in [-0.4, -0.2) is 31.1 Å². The van der Waals surface area contributed by atoms with E-state index in [1.54, 1.807) is 11.3 Å². The molecule has 0 aliphatic rings. The fourth-order valence-corrected chi connectivity index (χ4v) is 2.70. The highest BCUT2D eigenvalue weighted by molar-refractivity contribution is 7.09. The largest absolute Gasteiger partial charge is 0.481 e. The topological polar surface area (TPSA) is 80.9 Å². The molecule has 2 aromatic heterocycles. The minimum atomic E-state index is -0.742. The maximum absolute atomic E-state index is 10.4. The predicted octanol–water partition coefficient (Wildman–Crippen LogP) is 2.08. The van der Waals surface area contributed by atoms with Crippen molar-refractivity contribution in [3.05, 3.63) is 28.0 Å². The number of unbranched alkanes of at least 4 members (excludes halogenated alkanes) is 1. The minimum absolute atomic E-state index is 0.221. The maximum Gasteiger partial charge on any atom is 0.303 e. The molecule has 0 saturated carbocycles. The number of aliphatic carboxylic acids is 1. The molecule has 0 radical (unpaired) electrons. The fraction of sp³-hybridized carbons (Fsp3) is 0.538. The number of aryl methyl sites for hydroxylation is 4. The number of thiazole rings is 1. The quantitative estimate of drug-likeness (QED) is 0.754. The third-order valence-corrected chi connectivity index (χ3v) is 4.07. The van der Waals surface area contributed by atoms with Gasteiger partial charge in [0.1, 0.15) is 0 Å². The van der Waals surface area contributed by atoms with Crippen molar-refractivity contribution >= 4 is 17.3 Å². The molecule has 0 atom stereocenters. The van der Waals surface area contributed by atoms with Crippen LogP contribution in [0.1, 0.15) is 35.5 Å². The van der Waals surface area contributed by atoms with Gasteiger partial charge in [0, 0.05) is 30.5 Å². The van der Waals surface area contributed by atoms with Crippen LogP contribution in [0.4, 0.5) is 0 Å². The van der Waals surface area contributed by atoms with E-state index < -0.39 is 5.97 Å². The molecule has 0 aliphatic heterocycles. The van der Waals surface area contributed by atoms with Crippen LogP contribution in [0.15, 0.2) is 11.7 Å². The van der Waals surface area contributed by atoms with Crippen molar-refractivity contribution in [3.63, 3.8) is 0 Å². The smallest absolute Gasteiger partial charge is 0.303 e. The Labute approximate surface area is 121 Å². The van der Waals surface area contributed by atoms with Crippen molar-refractivity contribution in [1.82, 2.24) is 20.0 Å². The van der Waals surface area contributed by atoms with Gasteiger partial charge in [-0.15, -0.1) is 16.4 Å². The Balaban J connectivity index is 1.74. The molecule has 0 spiro atoms. The summed E-state index contributed by atoms with van der Waals surface area (Å²) in [5.74, 6) is -0.742. The molecule has 2 aromatic rings. The molecule has 0 unspecified atom stereocenters. The lowest BCUT2D eigenvalue weighted by molar-refractivity contribution is -0.137. The molecule has 108 valence electrons. The summed E-state index contributed by atoms with van der Waals surface area (Å²) in [6.07, 6.45) is 5.38. The Kier molecular flexibility index (Phi) is 5.23. The van der Waals surface area contributed by atoms with E-state index in [-0.39, 0.29) is 6.42 Å². The standard InChI is InChI=1S/C13H18N4O2S/c1-10-12(20-9-14-10)6-7-17-8-11(15-16-17)4-2-3-5-13(18)19/h8-9H,2-7H2,1H3,(H,18,19). The molecule has 6 nitrogen and oxygen atoms in total. The van der Waals surface area contributed by atoms with E-state index in [1.165, 1.54) is 4.88 Å². The molecule has 0 fully saturated rings. The molecule has 0 saturated heterocycles. The second kappa shape index (κ2) is 7.14. The second-order valence-electron chi connectivity index (χ2n) is 4.68. The molecule has 2 heterocycles. The van der Waals surface area contributed by atoms with Crippen LogP contribution in [0.2, 0.25) is 0 Å². The lowest BCUT2D eigenvalue weighted by Crippen LogP contribution is -2.01. The first-order valence-electron chi connectivity index (χ1n) is 6.65. The molecule has 0 aliphatic carbocycles. The Morgan fingerprint density at radius 3 is 2.95 bits per heavy atom. The van der Waals surface area contributed by atoms with E-state index in [9.17, 15) is 4.79 Å². The fourth-order valence-electron chi connectivity index (χ4n) is 1.93. The minimum Gasteiger partial charge on any atom is -0.481 e. The summed E-state index contributed by atoms with van der Waals surface area (Å²) in [6.45, 7) is 2.81. The molecule has 0 bridgehead atoms.